The molecule has 2 heterocycles. The molecular weight excluding hydrogens is 659 g/mol. The fourth-order valence-corrected chi connectivity index (χ4v) is 8.83. The Morgan fingerprint density at radius 2 is 1.06 bits per heavy atom. The minimum atomic E-state index is -0.129. The van der Waals surface area contributed by atoms with E-state index in [1.54, 1.807) is 0 Å². The number of hydrogen-bond acceptors (Lipinski definition) is 3. The lowest BCUT2D eigenvalue weighted by atomic mass is 9.81. The standard InChI is InChI=1S/C51H35NO2/c1-51(2)43-19-11-9-17-38(43)39-27-23-34(29-44(39)51)48-49-41-18-10-12-20-45(41)53-47(49)31-42-40-28-26-37(30-46(40)54-50(42)48)52(35-15-7-4-8-16-35)36-24-21-33(22-25-36)32-13-5-3-6-14-32/h3-31H,1-2H3. The van der Waals surface area contributed by atoms with Crippen molar-refractivity contribution in [3.05, 3.63) is 187 Å². The molecular formula is C51H35NO2. The number of hydrogen-bond donors (Lipinski definition) is 0. The Labute approximate surface area is 313 Å². The van der Waals surface area contributed by atoms with Gasteiger partial charge in [0.25, 0.3) is 0 Å². The third-order valence-corrected chi connectivity index (χ3v) is 11.5. The molecule has 54 heavy (non-hydrogen) atoms. The molecule has 3 heteroatoms. The van der Waals surface area contributed by atoms with Crippen molar-refractivity contribution in [1.29, 1.82) is 0 Å². The SMILES string of the molecule is CC1(C)c2ccccc2-c2ccc(-c3c4oc5cc(N(c6ccccc6)c6ccc(-c7ccccc7)cc6)ccc5c4cc4oc5ccccc5c34)cc21. The zero-order valence-corrected chi connectivity index (χ0v) is 30.0. The van der Waals surface area contributed by atoms with Gasteiger partial charge in [-0.1, -0.05) is 129 Å². The molecule has 0 saturated heterocycles. The number of rotatable bonds is 5. The molecule has 10 aromatic rings. The van der Waals surface area contributed by atoms with Gasteiger partial charge in [-0.05, 0) is 93.5 Å². The monoisotopic (exact) mass is 693 g/mol. The first-order chi connectivity index (χ1) is 26.5. The predicted molar refractivity (Wildman–Crippen MR) is 224 cm³/mol. The minimum absolute atomic E-state index is 0.129. The number of nitrogens with zero attached hydrogens (tertiary/aromatic N) is 1. The highest BCUT2D eigenvalue weighted by molar-refractivity contribution is 6.23. The molecule has 11 rings (SSSR count). The number of anilines is 3. The van der Waals surface area contributed by atoms with Gasteiger partial charge in [0.05, 0.1) is 0 Å². The van der Waals surface area contributed by atoms with Gasteiger partial charge in [0.2, 0.25) is 0 Å². The van der Waals surface area contributed by atoms with Gasteiger partial charge in [0.15, 0.2) is 0 Å². The van der Waals surface area contributed by atoms with E-state index in [4.69, 9.17) is 8.83 Å². The summed E-state index contributed by atoms with van der Waals surface area (Å²) < 4.78 is 13.7. The molecule has 0 unspecified atom stereocenters. The van der Waals surface area contributed by atoms with Crippen molar-refractivity contribution in [3.8, 4) is 33.4 Å². The van der Waals surface area contributed by atoms with Crippen LogP contribution in [0.15, 0.2) is 185 Å². The van der Waals surface area contributed by atoms with Crippen molar-refractivity contribution in [2.75, 3.05) is 4.90 Å². The van der Waals surface area contributed by atoms with Gasteiger partial charge < -0.3 is 13.7 Å². The van der Waals surface area contributed by atoms with E-state index in [0.29, 0.717) is 0 Å². The van der Waals surface area contributed by atoms with Gasteiger partial charge in [-0.3, -0.25) is 0 Å². The van der Waals surface area contributed by atoms with E-state index in [-0.39, 0.29) is 5.41 Å². The van der Waals surface area contributed by atoms with E-state index in [1.165, 1.54) is 33.4 Å². The van der Waals surface area contributed by atoms with Crippen molar-refractivity contribution in [2.45, 2.75) is 19.3 Å². The molecule has 0 aliphatic heterocycles. The third kappa shape index (κ3) is 4.55. The molecule has 0 radical (unpaired) electrons. The summed E-state index contributed by atoms with van der Waals surface area (Å²) in [7, 11) is 0. The van der Waals surface area contributed by atoms with E-state index in [2.05, 4.69) is 189 Å². The second-order valence-corrected chi connectivity index (χ2v) is 14.9. The largest absolute Gasteiger partial charge is 0.456 e. The maximum absolute atomic E-state index is 7.07. The number of furan rings is 2. The fourth-order valence-electron chi connectivity index (χ4n) is 8.83. The third-order valence-electron chi connectivity index (χ3n) is 11.5. The average molecular weight is 694 g/mol. The van der Waals surface area contributed by atoms with E-state index < -0.39 is 0 Å². The molecule has 0 amide bonds. The first kappa shape index (κ1) is 30.8. The van der Waals surface area contributed by atoms with Crippen molar-refractivity contribution in [1.82, 2.24) is 0 Å². The maximum atomic E-state index is 7.07. The molecule has 8 aromatic carbocycles. The van der Waals surface area contributed by atoms with Crippen LogP contribution in [-0.4, -0.2) is 0 Å². The summed E-state index contributed by atoms with van der Waals surface area (Å²) in [4.78, 5) is 2.29. The van der Waals surface area contributed by atoms with Crippen LogP contribution in [0.3, 0.4) is 0 Å². The van der Waals surface area contributed by atoms with Crippen molar-refractivity contribution < 1.29 is 8.83 Å². The summed E-state index contributed by atoms with van der Waals surface area (Å²) in [5.41, 5.74) is 16.4. The van der Waals surface area contributed by atoms with Crippen molar-refractivity contribution in [2.24, 2.45) is 0 Å². The fraction of sp³-hybridized carbons (Fsp3) is 0.0588. The zero-order chi connectivity index (χ0) is 36.0. The van der Waals surface area contributed by atoms with Crippen LogP contribution in [-0.2, 0) is 5.41 Å². The van der Waals surface area contributed by atoms with E-state index in [0.717, 1.165) is 72.1 Å². The van der Waals surface area contributed by atoms with Crippen LogP contribution in [0.5, 0.6) is 0 Å². The Hall–Kier alpha value is -6.84. The molecule has 0 N–H and O–H groups in total. The molecule has 0 fully saturated rings. The second-order valence-electron chi connectivity index (χ2n) is 14.9. The molecule has 256 valence electrons. The molecule has 0 bridgehead atoms. The van der Waals surface area contributed by atoms with Crippen molar-refractivity contribution in [3.63, 3.8) is 0 Å². The van der Waals surface area contributed by atoms with E-state index in [1.807, 2.05) is 6.07 Å². The lowest BCUT2D eigenvalue weighted by Crippen LogP contribution is -2.14. The van der Waals surface area contributed by atoms with E-state index in [9.17, 15) is 0 Å². The van der Waals surface area contributed by atoms with Gasteiger partial charge in [-0.2, -0.15) is 0 Å². The maximum Gasteiger partial charge on any atom is 0.144 e. The number of benzene rings is 8. The van der Waals surface area contributed by atoms with Crippen LogP contribution in [0, 0.1) is 0 Å². The first-order valence-electron chi connectivity index (χ1n) is 18.6. The van der Waals surface area contributed by atoms with Crippen LogP contribution >= 0.6 is 0 Å². The van der Waals surface area contributed by atoms with Gasteiger partial charge in [-0.15, -0.1) is 0 Å². The van der Waals surface area contributed by atoms with Crippen LogP contribution < -0.4 is 4.90 Å². The van der Waals surface area contributed by atoms with Gasteiger partial charge >= 0.3 is 0 Å². The summed E-state index contributed by atoms with van der Waals surface area (Å²) in [6.45, 7) is 4.67. The molecule has 1 aliphatic rings. The Bertz CT molecular complexity index is 3060. The van der Waals surface area contributed by atoms with Crippen molar-refractivity contribution >= 4 is 60.9 Å². The van der Waals surface area contributed by atoms with Gasteiger partial charge in [0.1, 0.15) is 22.3 Å². The molecule has 2 aromatic heterocycles. The Morgan fingerprint density at radius 3 is 1.89 bits per heavy atom. The van der Waals surface area contributed by atoms with Crippen LogP contribution in [0.4, 0.5) is 17.1 Å². The summed E-state index contributed by atoms with van der Waals surface area (Å²) >= 11 is 0. The zero-order valence-electron chi connectivity index (χ0n) is 30.0. The summed E-state index contributed by atoms with van der Waals surface area (Å²) in [6.07, 6.45) is 0. The van der Waals surface area contributed by atoms with Gasteiger partial charge in [-0.25, -0.2) is 0 Å². The summed E-state index contributed by atoms with van der Waals surface area (Å²) in [5.74, 6) is 0. The smallest absolute Gasteiger partial charge is 0.144 e. The number of para-hydroxylation sites is 2. The lowest BCUT2D eigenvalue weighted by molar-refractivity contribution is 0.660. The molecule has 0 spiro atoms. The van der Waals surface area contributed by atoms with Gasteiger partial charge in [0, 0.05) is 55.7 Å². The molecule has 1 aliphatic carbocycles. The number of fused-ring (bicyclic) bond motifs is 9. The highest BCUT2D eigenvalue weighted by Crippen LogP contribution is 2.52. The molecule has 0 atom stereocenters. The Balaban J connectivity index is 1.12. The Kier molecular flexibility index (Phi) is 6.60. The van der Waals surface area contributed by atoms with Crippen LogP contribution in [0.2, 0.25) is 0 Å². The second kappa shape index (κ2) is 11.6. The first-order valence-corrected chi connectivity index (χ1v) is 18.6. The topological polar surface area (TPSA) is 29.5 Å². The average Bonchev–Trinajstić information content (AvgIpc) is 3.85. The van der Waals surface area contributed by atoms with E-state index >= 15 is 0 Å². The quantitative estimate of drug-likeness (QED) is 0.180. The summed E-state index contributed by atoms with van der Waals surface area (Å²) in [6, 6.07) is 62.7. The minimum Gasteiger partial charge on any atom is -0.456 e. The normalized spacial score (nSPS) is 13.1. The predicted octanol–water partition coefficient (Wildman–Crippen LogP) is 14.6. The van der Waals surface area contributed by atoms with Crippen LogP contribution in [0.1, 0.15) is 25.0 Å². The molecule has 0 saturated carbocycles. The highest BCUT2D eigenvalue weighted by atomic mass is 16.3. The molecule has 3 nitrogen and oxygen atoms in total. The Morgan fingerprint density at radius 1 is 0.407 bits per heavy atom. The summed E-state index contributed by atoms with van der Waals surface area (Å²) in [5, 5.41) is 4.26. The van der Waals surface area contributed by atoms with Crippen LogP contribution in [0.25, 0.3) is 77.3 Å². The highest BCUT2D eigenvalue weighted by Gasteiger charge is 2.35. The lowest BCUT2D eigenvalue weighted by Gasteiger charge is -2.25.